The zero-order valence-corrected chi connectivity index (χ0v) is 20.4. The Labute approximate surface area is 194 Å². The first kappa shape index (κ1) is 24.5. The van der Waals surface area contributed by atoms with Gasteiger partial charge in [-0.05, 0) is 63.1 Å². The van der Waals surface area contributed by atoms with Gasteiger partial charge in [0.15, 0.2) is 11.9 Å². The number of carbonyl (C=O) groups excluding carboxylic acids is 2. The predicted molar refractivity (Wildman–Crippen MR) is 127 cm³/mol. The number of aromatic nitrogens is 3. The van der Waals surface area contributed by atoms with E-state index < -0.39 is 0 Å². The largest absolute Gasteiger partial charge is 0.353 e. The molecule has 0 aliphatic carbocycles. The molecule has 8 heteroatoms. The predicted octanol–water partition coefficient (Wildman–Crippen LogP) is 3.78. The summed E-state index contributed by atoms with van der Waals surface area (Å²) < 4.78 is 15.0. The number of rotatable bonds is 2. The van der Waals surface area contributed by atoms with E-state index in [0.717, 1.165) is 35.5 Å². The highest BCUT2D eigenvalue weighted by Crippen LogP contribution is 2.31. The number of hydrogen-bond donors (Lipinski definition) is 1. The van der Waals surface area contributed by atoms with Crippen molar-refractivity contribution in [3.05, 3.63) is 53.1 Å². The molecular weight excluding hydrogens is 421 g/mol. The van der Waals surface area contributed by atoms with Crippen LogP contribution < -0.4 is 5.32 Å². The van der Waals surface area contributed by atoms with Gasteiger partial charge in [-0.3, -0.25) is 14.5 Å². The highest BCUT2D eigenvalue weighted by atomic mass is 19.1. The van der Waals surface area contributed by atoms with E-state index in [4.69, 9.17) is 0 Å². The number of nitrogens with zero attached hydrogens (tertiary/aromatic N) is 4. The number of likely N-dealkylation sites (N-methyl/N-ethyl adjacent to an activating group) is 1. The molecule has 33 heavy (non-hydrogen) atoms. The summed E-state index contributed by atoms with van der Waals surface area (Å²) >= 11 is 0. The van der Waals surface area contributed by atoms with Crippen LogP contribution in [-0.2, 0) is 10.2 Å². The summed E-state index contributed by atoms with van der Waals surface area (Å²) in [5, 5.41) is 7.37. The van der Waals surface area contributed by atoms with E-state index in [1.165, 1.54) is 12.1 Å². The number of benzene rings is 1. The summed E-state index contributed by atoms with van der Waals surface area (Å²) in [6, 6.07) is 6.61. The average Bonchev–Trinajstić information content (AvgIpc) is 3.14. The quantitative estimate of drug-likeness (QED) is 0.598. The van der Waals surface area contributed by atoms with Gasteiger partial charge in [0.1, 0.15) is 11.5 Å². The molecule has 1 fully saturated rings. The molecule has 1 amide bonds. The molecule has 0 radical (unpaired) electrons. The van der Waals surface area contributed by atoms with Crippen molar-refractivity contribution >= 4 is 17.8 Å². The number of hydrogen-bond acceptors (Lipinski definition) is 5. The SMILES string of the molecule is CN1CCNC(=O)C1(C)C.Cc1cc(F)ccc1-c1cc(C(C)(C)C)c2nc(C=O)cn2n1. The van der Waals surface area contributed by atoms with Crippen LogP contribution in [0.3, 0.4) is 0 Å². The summed E-state index contributed by atoms with van der Waals surface area (Å²) in [6.07, 6.45) is 2.32. The highest BCUT2D eigenvalue weighted by Gasteiger charge is 2.34. The number of halogens is 1. The van der Waals surface area contributed by atoms with Crippen LogP contribution in [0.5, 0.6) is 0 Å². The molecule has 0 bridgehead atoms. The first-order chi connectivity index (χ1) is 15.3. The molecule has 0 atom stereocenters. The Hall–Kier alpha value is -3.13. The van der Waals surface area contributed by atoms with E-state index in [-0.39, 0.29) is 22.7 Å². The molecule has 1 aromatic carbocycles. The topological polar surface area (TPSA) is 79.6 Å². The van der Waals surface area contributed by atoms with E-state index >= 15 is 0 Å². The van der Waals surface area contributed by atoms with Gasteiger partial charge in [-0.25, -0.2) is 13.9 Å². The minimum atomic E-state index is -0.321. The minimum absolute atomic E-state index is 0.126. The number of amides is 1. The van der Waals surface area contributed by atoms with Crippen molar-refractivity contribution in [1.82, 2.24) is 24.8 Å². The first-order valence-electron chi connectivity index (χ1n) is 11.0. The molecule has 1 aliphatic rings. The van der Waals surface area contributed by atoms with Crippen LogP contribution in [-0.4, -0.2) is 57.4 Å². The normalized spacial score (nSPS) is 16.2. The maximum Gasteiger partial charge on any atom is 0.239 e. The van der Waals surface area contributed by atoms with Crippen LogP contribution in [0, 0.1) is 12.7 Å². The summed E-state index contributed by atoms with van der Waals surface area (Å²) in [5.41, 5.74) is 3.91. The van der Waals surface area contributed by atoms with Gasteiger partial charge in [-0.1, -0.05) is 20.8 Å². The lowest BCUT2D eigenvalue weighted by Crippen LogP contribution is -2.60. The fraction of sp³-hybridized carbons (Fsp3) is 0.440. The molecule has 4 rings (SSSR count). The van der Waals surface area contributed by atoms with Crippen molar-refractivity contribution in [3.63, 3.8) is 0 Å². The van der Waals surface area contributed by atoms with Crippen molar-refractivity contribution in [3.8, 4) is 11.3 Å². The van der Waals surface area contributed by atoms with Gasteiger partial charge in [-0.15, -0.1) is 0 Å². The molecule has 1 saturated heterocycles. The monoisotopic (exact) mass is 453 g/mol. The second-order valence-corrected chi connectivity index (χ2v) is 9.94. The van der Waals surface area contributed by atoms with Gasteiger partial charge in [-0.2, -0.15) is 5.10 Å². The standard InChI is InChI=1S/C18H18FN3O.C7H14N2O/c1-11-7-12(19)5-6-14(11)16-8-15(18(2,3)4)17-20-13(10-23)9-22(17)21-16;1-7(2)6(10)8-4-5-9(7)3/h5-10H,1-4H3;4-5H2,1-3H3,(H,8,10). The maximum atomic E-state index is 13.4. The van der Waals surface area contributed by atoms with Crippen molar-refractivity contribution in [1.29, 1.82) is 0 Å². The van der Waals surface area contributed by atoms with Crippen molar-refractivity contribution < 1.29 is 14.0 Å². The van der Waals surface area contributed by atoms with Crippen molar-refractivity contribution in [2.45, 2.75) is 52.5 Å². The molecule has 0 saturated carbocycles. The lowest BCUT2D eigenvalue weighted by atomic mass is 9.87. The molecule has 3 aromatic rings. The molecule has 176 valence electrons. The lowest BCUT2D eigenvalue weighted by molar-refractivity contribution is -0.133. The molecule has 1 aliphatic heterocycles. The number of piperazine rings is 1. The number of nitrogens with one attached hydrogen (secondary N) is 1. The molecule has 3 heterocycles. The first-order valence-corrected chi connectivity index (χ1v) is 11.0. The third-order valence-corrected chi connectivity index (χ3v) is 6.08. The zero-order chi connectivity index (χ0) is 24.6. The number of carbonyl (C=O) groups is 2. The Bertz CT molecular complexity index is 1190. The molecule has 2 aromatic heterocycles. The molecule has 7 nitrogen and oxygen atoms in total. The van der Waals surface area contributed by atoms with Crippen LogP contribution in [0.2, 0.25) is 0 Å². The second-order valence-electron chi connectivity index (χ2n) is 9.94. The molecular formula is C25H32FN5O2. The third-order valence-electron chi connectivity index (χ3n) is 6.08. The average molecular weight is 454 g/mol. The Balaban J connectivity index is 0.000000257. The van der Waals surface area contributed by atoms with Crippen molar-refractivity contribution in [2.75, 3.05) is 20.1 Å². The third kappa shape index (κ3) is 5.11. The van der Waals surface area contributed by atoms with Gasteiger partial charge in [0.2, 0.25) is 5.91 Å². The summed E-state index contributed by atoms with van der Waals surface area (Å²) in [4.78, 5) is 28.6. The second kappa shape index (κ2) is 9.02. The van der Waals surface area contributed by atoms with Crippen LogP contribution in [0.25, 0.3) is 16.9 Å². The fourth-order valence-corrected chi connectivity index (χ4v) is 3.66. The van der Waals surface area contributed by atoms with Crippen molar-refractivity contribution in [2.24, 2.45) is 0 Å². The van der Waals surface area contributed by atoms with Gasteiger partial charge in [0.05, 0.1) is 17.4 Å². The van der Waals surface area contributed by atoms with Gasteiger partial charge >= 0.3 is 0 Å². The maximum absolute atomic E-state index is 13.4. The van der Waals surface area contributed by atoms with Crippen LogP contribution >= 0.6 is 0 Å². The summed E-state index contributed by atoms with van der Waals surface area (Å²) in [6.45, 7) is 13.7. The minimum Gasteiger partial charge on any atom is -0.353 e. The smallest absolute Gasteiger partial charge is 0.239 e. The van der Waals surface area contributed by atoms with E-state index in [1.807, 2.05) is 33.9 Å². The number of aryl methyl sites for hydroxylation is 1. The fourth-order valence-electron chi connectivity index (χ4n) is 3.66. The van der Waals surface area contributed by atoms with Crippen LogP contribution in [0.15, 0.2) is 30.5 Å². The Morgan fingerprint density at radius 3 is 2.45 bits per heavy atom. The van der Waals surface area contributed by atoms with Crippen LogP contribution in [0.4, 0.5) is 4.39 Å². The van der Waals surface area contributed by atoms with E-state index in [9.17, 15) is 14.0 Å². The zero-order valence-electron chi connectivity index (χ0n) is 20.4. The Morgan fingerprint density at radius 2 is 1.91 bits per heavy atom. The van der Waals surface area contributed by atoms with Gasteiger partial charge in [0, 0.05) is 24.2 Å². The lowest BCUT2D eigenvalue weighted by Gasteiger charge is -2.38. The number of fused-ring (bicyclic) bond motifs is 1. The number of aldehydes is 1. The van der Waals surface area contributed by atoms with E-state index in [0.29, 0.717) is 17.6 Å². The van der Waals surface area contributed by atoms with Crippen LogP contribution in [0.1, 0.15) is 56.2 Å². The molecule has 1 N–H and O–H groups in total. The van der Waals surface area contributed by atoms with Gasteiger partial charge in [0.25, 0.3) is 0 Å². The molecule has 0 unspecified atom stereocenters. The summed E-state index contributed by atoms with van der Waals surface area (Å²) in [7, 11) is 1.97. The highest BCUT2D eigenvalue weighted by molar-refractivity contribution is 5.86. The summed E-state index contributed by atoms with van der Waals surface area (Å²) in [5.74, 6) is -0.143. The van der Waals surface area contributed by atoms with E-state index in [1.54, 1.807) is 16.8 Å². The Morgan fingerprint density at radius 1 is 1.21 bits per heavy atom. The Kier molecular flexibility index (Phi) is 6.70. The van der Waals surface area contributed by atoms with E-state index in [2.05, 4.69) is 41.1 Å². The molecule has 0 spiro atoms. The number of imidazole rings is 1. The van der Waals surface area contributed by atoms with Gasteiger partial charge < -0.3 is 5.32 Å².